The first-order chi connectivity index (χ1) is 11.5. The van der Waals surface area contributed by atoms with E-state index in [0.717, 1.165) is 28.8 Å². The predicted octanol–water partition coefficient (Wildman–Crippen LogP) is 3.33. The summed E-state index contributed by atoms with van der Waals surface area (Å²) in [5.41, 5.74) is 4.01. The second-order valence-corrected chi connectivity index (χ2v) is 5.99. The molecule has 0 radical (unpaired) electrons. The van der Waals surface area contributed by atoms with Crippen LogP contribution in [0.5, 0.6) is 0 Å². The van der Waals surface area contributed by atoms with E-state index in [9.17, 15) is 9.59 Å². The Kier molecular flexibility index (Phi) is 6.13. The maximum Gasteiger partial charge on any atom is 0.244 e. The van der Waals surface area contributed by atoms with Crippen molar-refractivity contribution in [1.82, 2.24) is 4.90 Å². The van der Waals surface area contributed by atoms with E-state index in [1.807, 2.05) is 62.4 Å². The number of hydrogen-bond acceptors (Lipinski definition) is 2. The van der Waals surface area contributed by atoms with E-state index >= 15 is 0 Å². The van der Waals surface area contributed by atoms with Crippen LogP contribution in [0.25, 0.3) is 0 Å². The average Bonchev–Trinajstić information content (AvgIpc) is 2.55. The fourth-order valence-electron chi connectivity index (χ4n) is 2.62. The highest BCUT2D eigenvalue weighted by atomic mass is 16.2. The molecule has 0 heterocycles. The van der Waals surface area contributed by atoms with Crippen LogP contribution in [0, 0.1) is 13.8 Å². The van der Waals surface area contributed by atoms with Crippen LogP contribution in [0.1, 0.15) is 23.6 Å². The summed E-state index contributed by atoms with van der Waals surface area (Å²) in [6, 6.07) is 15.8. The third-order valence-electron chi connectivity index (χ3n) is 4.04. The summed E-state index contributed by atoms with van der Waals surface area (Å²) >= 11 is 0. The van der Waals surface area contributed by atoms with Gasteiger partial charge >= 0.3 is 0 Å². The largest absolute Gasteiger partial charge is 0.333 e. The average molecular weight is 324 g/mol. The number of amides is 2. The van der Waals surface area contributed by atoms with E-state index in [0.29, 0.717) is 6.54 Å². The Bertz CT molecular complexity index is 691. The lowest BCUT2D eigenvalue weighted by Gasteiger charge is -2.21. The Morgan fingerprint density at radius 1 is 0.958 bits per heavy atom. The number of nitrogens with zero attached hydrogens (tertiary/aromatic N) is 1. The van der Waals surface area contributed by atoms with Crippen LogP contribution in [0.3, 0.4) is 0 Å². The fraction of sp³-hybridized carbons (Fsp3) is 0.300. The lowest BCUT2D eigenvalue weighted by molar-refractivity contribution is -0.132. The van der Waals surface area contributed by atoms with Crippen molar-refractivity contribution in [3.8, 4) is 0 Å². The van der Waals surface area contributed by atoms with E-state index in [2.05, 4.69) is 5.32 Å². The zero-order chi connectivity index (χ0) is 17.5. The summed E-state index contributed by atoms with van der Waals surface area (Å²) in [5, 5.41) is 2.93. The Hall–Kier alpha value is -2.62. The van der Waals surface area contributed by atoms with Gasteiger partial charge in [0.1, 0.15) is 0 Å². The fourth-order valence-corrected chi connectivity index (χ4v) is 2.62. The Balaban J connectivity index is 1.97. The number of hydrogen-bond donors (Lipinski definition) is 1. The third kappa shape index (κ3) is 4.95. The minimum Gasteiger partial charge on any atom is -0.333 e. The molecule has 0 atom stereocenters. The normalized spacial score (nSPS) is 10.3. The van der Waals surface area contributed by atoms with Gasteiger partial charge in [0.25, 0.3) is 0 Å². The van der Waals surface area contributed by atoms with E-state index in [4.69, 9.17) is 0 Å². The molecule has 0 unspecified atom stereocenters. The molecule has 0 fully saturated rings. The molecule has 2 amide bonds. The van der Waals surface area contributed by atoms with Crippen LogP contribution in [0.2, 0.25) is 0 Å². The SMILES string of the molecule is CC(=O)N(CCc1ccccc1)CC(=O)Nc1c(C)cccc1C. The topological polar surface area (TPSA) is 49.4 Å². The molecule has 2 aromatic carbocycles. The maximum absolute atomic E-state index is 12.3. The van der Waals surface area contributed by atoms with Crippen LogP contribution in [-0.4, -0.2) is 29.8 Å². The first-order valence-corrected chi connectivity index (χ1v) is 8.13. The maximum atomic E-state index is 12.3. The van der Waals surface area contributed by atoms with Crippen molar-refractivity contribution >= 4 is 17.5 Å². The lowest BCUT2D eigenvalue weighted by Crippen LogP contribution is -2.38. The predicted molar refractivity (Wildman–Crippen MR) is 96.9 cm³/mol. The molecule has 4 heteroatoms. The van der Waals surface area contributed by atoms with E-state index in [1.165, 1.54) is 6.92 Å². The molecule has 126 valence electrons. The zero-order valence-electron chi connectivity index (χ0n) is 14.5. The van der Waals surface area contributed by atoms with Gasteiger partial charge in [-0.1, -0.05) is 48.5 Å². The Labute approximate surface area is 143 Å². The highest BCUT2D eigenvalue weighted by Crippen LogP contribution is 2.19. The summed E-state index contributed by atoms with van der Waals surface area (Å²) in [5.74, 6) is -0.266. The van der Waals surface area contributed by atoms with Gasteiger partial charge in [0.2, 0.25) is 11.8 Å². The van der Waals surface area contributed by atoms with Crippen LogP contribution in [-0.2, 0) is 16.0 Å². The quantitative estimate of drug-likeness (QED) is 0.886. The summed E-state index contributed by atoms with van der Waals surface area (Å²) < 4.78 is 0. The molecule has 0 saturated heterocycles. The molecular formula is C20H24N2O2. The van der Waals surface area contributed by atoms with Crippen LogP contribution >= 0.6 is 0 Å². The summed E-state index contributed by atoms with van der Waals surface area (Å²) in [6.45, 7) is 6.01. The number of aryl methyl sites for hydroxylation is 2. The molecule has 24 heavy (non-hydrogen) atoms. The van der Waals surface area contributed by atoms with Crippen molar-refractivity contribution in [3.63, 3.8) is 0 Å². The summed E-state index contributed by atoms with van der Waals surface area (Å²) in [6.07, 6.45) is 0.733. The molecule has 0 saturated carbocycles. The lowest BCUT2D eigenvalue weighted by atomic mass is 10.1. The third-order valence-corrected chi connectivity index (χ3v) is 4.04. The van der Waals surface area contributed by atoms with Gasteiger partial charge in [0, 0.05) is 19.2 Å². The van der Waals surface area contributed by atoms with Crippen molar-refractivity contribution in [2.75, 3.05) is 18.4 Å². The summed E-state index contributed by atoms with van der Waals surface area (Å²) in [7, 11) is 0. The van der Waals surface area contributed by atoms with Gasteiger partial charge in [0.15, 0.2) is 0 Å². The van der Waals surface area contributed by atoms with E-state index in [1.54, 1.807) is 4.90 Å². The van der Waals surface area contributed by atoms with Crippen molar-refractivity contribution < 1.29 is 9.59 Å². The number of carbonyl (C=O) groups excluding carboxylic acids is 2. The number of para-hydroxylation sites is 1. The minimum atomic E-state index is -0.171. The highest BCUT2D eigenvalue weighted by Gasteiger charge is 2.15. The van der Waals surface area contributed by atoms with Crippen molar-refractivity contribution in [2.45, 2.75) is 27.2 Å². The smallest absolute Gasteiger partial charge is 0.244 e. The van der Waals surface area contributed by atoms with Gasteiger partial charge in [-0.15, -0.1) is 0 Å². The van der Waals surface area contributed by atoms with Crippen molar-refractivity contribution in [2.24, 2.45) is 0 Å². The van der Waals surface area contributed by atoms with Gasteiger partial charge in [-0.2, -0.15) is 0 Å². The molecule has 0 aliphatic carbocycles. The van der Waals surface area contributed by atoms with Crippen LogP contribution in [0.15, 0.2) is 48.5 Å². The molecule has 0 aromatic heterocycles. The first-order valence-electron chi connectivity index (χ1n) is 8.13. The monoisotopic (exact) mass is 324 g/mol. The van der Waals surface area contributed by atoms with Crippen molar-refractivity contribution in [1.29, 1.82) is 0 Å². The van der Waals surface area contributed by atoms with Gasteiger partial charge in [-0.3, -0.25) is 9.59 Å². The van der Waals surface area contributed by atoms with Gasteiger partial charge in [0.05, 0.1) is 6.54 Å². The Morgan fingerprint density at radius 2 is 1.58 bits per heavy atom. The van der Waals surface area contributed by atoms with E-state index < -0.39 is 0 Å². The second-order valence-electron chi connectivity index (χ2n) is 5.99. The highest BCUT2D eigenvalue weighted by molar-refractivity contribution is 5.95. The first kappa shape index (κ1) is 17.7. The Morgan fingerprint density at radius 3 is 2.17 bits per heavy atom. The summed E-state index contributed by atoms with van der Waals surface area (Å²) in [4.78, 5) is 25.8. The van der Waals surface area contributed by atoms with Crippen molar-refractivity contribution in [3.05, 3.63) is 65.2 Å². The molecule has 0 aliphatic heterocycles. The number of anilines is 1. The van der Waals surface area contributed by atoms with Crippen LogP contribution < -0.4 is 5.32 Å². The molecular weight excluding hydrogens is 300 g/mol. The zero-order valence-corrected chi connectivity index (χ0v) is 14.5. The van der Waals surface area contributed by atoms with E-state index in [-0.39, 0.29) is 18.4 Å². The number of rotatable bonds is 6. The van der Waals surface area contributed by atoms with Gasteiger partial charge < -0.3 is 10.2 Å². The molecule has 0 spiro atoms. The molecule has 0 bridgehead atoms. The minimum absolute atomic E-state index is 0.0654. The van der Waals surface area contributed by atoms with Gasteiger partial charge in [-0.25, -0.2) is 0 Å². The van der Waals surface area contributed by atoms with Crippen LogP contribution in [0.4, 0.5) is 5.69 Å². The molecule has 2 aromatic rings. The molecule has 1 N–H and O–H groups in total. The number of benzene rings is 2. The molecule has 4 nitrogen and oxygen atoms in total. The number of carbonyl (C=O) groups is 2. The standard InChI is InChI=1S/C20H24N2O2/c1-15-8-7-9-16(2)20(15)21-19(24)14-22(17(3)23)13-12-18-10-5-4-6-11-18/h4-11H,12-14H2,1-3H3,(H,21,24). The van der Waals surface area contributed by atoms with Gasteiger partial charge in [-0.05, 0) is 37.0 Å². The number of nitrogens with one attached hydrogen (secondary N) is 1. The second kappa shape index (κ2) is 8.29. The molecule has 0 aliphatic rings. The molecule has 2 rings (SSSR count).